The third-order valence-corrected chi connectivity index (χ3v) is 9.18. The molecule has 0 aliphatic rings. The van der Waals surface area contributed by atoms with Crippen LogP contribution in [0.5, 0.6) is 0 Å². The van der Waals surface area contributed by atoms with Crippen molar-refractivity contribution in [3.8, 4) is 0 Å². The van der Waals surface area contributed by atoms with Crippen molar-refractivity contribution in [1.82, 2.24) is 0 Å². The van der Waals surface area contributed by atoms with E-state index in [1.54, 1.807) is 0 Å². The van der Waals surface area contributed by atoms with Gasteiger partial charge in [0, 0.05) is 12.8 Å². The van der Waals surface area contributed by atoms with Gasteiger partial charge in [0.05, 0.1) is 0 Å². The van der Waals surface area contributed by atoms with Crippen molar-refractivity contribution in [3.63, 3.8) is 0 Å². The van der Waals surface area contributed by atoms with Crippen LogP contribution in [0, 0.1) is 0 Å². The molecule has 270 valence electrons. The average Bonchev–Trinajstić information content (AvgIpc) is 3.04. The first-order valence-corrected chi connectivity index (χ1v) is 20.3. The van der Waals surface area contributed by atoms with E-state index in [4.69, 9.17) is 9.84 Å². The van der Waals surface area contributed by atoms with Crippen LogP contribution in [0.2, 0.25) is 0 Å². The van der Waals surface area contributed by atoms with Crippen molar-refractivity contribution >= 4 is 11.9 Å². The predicted molar refractivity (Wildman–Crippen MR) is 200 cm³/mol. The number of rotatable bonds is 37. The standard InChI is InChI=1S/C42H78O4/c1-3-5-7-9-11-13-15-16-17-18-19-20-22-24-26-31-35-39-42(45)46-40(37-33-29-27-30-34-38-41(43)44)36-32-28-25-23-21-14-12-10-8-6-4-2/h11,13,16-17,40H,3-10,12,14-15,18-39H2,1-2H3,(H,43,44)/b13-11-,17-16-. The van der Waals surface area contributed by atoms with Gasteiger partial charge in [-0.15, -0.1) is 0 Å². The zero-order valence-electron chi connectivity index (χ0n) is 30.9. The summed E-state index contributed by atoms with van der Waals surface area (Å²) < 4.78 is 6.00. The Kier molecular flexibility index (Phi) is 36.6. The third kappa shape index (κ3) is 36.9. The number of carboxylic acids is 1. The lowest BCUT2D eigenvalue weighted by Crippen LogP contribution is -2.18. The Balaban J connectivity index is 4.00. The maximum Gasteiger partial charge on any atom is 0.306 e. The molecule has 4 nitrogen and oxygen atoms in total. The van der Waals surface area contributed by atoms with Crippen LogP contribution in [-0.4, -0.2) is 23.1 Å². The molecule has 0 amide bonds. The van der Waals surface area contributed by atoms with E-state index in [9.17, 15) is 9.59 Å². The van der Waals surface area contributed by atoms with Gasteiger partial charge < -0.3 is 9.84 Å². The highest BCUT2D eigenvalue weighted by Gasteiger charge is 2.14. The normalized spacial score (nSPS) is 12.4. The Morgan fingerprint density at radius 3 is 1.33 bits per heavy atom. The number of esters is 1. The second-order valence-corrected chi connectivity index (χ2v) is 13.8. The van der Waals surface area contributed by atoms with Crippen molar-refractivity contribution in [2.45, 2.75) is 232 Å². The molecule has 0 saturated heterocycles. The van der Waals surface area contributed by atoms with E-state index < -0.39 is 5.97 Å². The third-order valence-electron chi connectivity index (χ3n) is 9.18. The smallest absolute Gasteiger partial charge is 0.306 e. The summed E-state index contributed by atoms with van der Waals surface area (Å²) in [5.41, 5.74) is 0. The van der Waals surface area contributed by atoms with Crippen LogP contribution >= 0.6 is 0 Å². The van der Waals surface area contributed by atoms with Crippen molar-refractivity contribution < 1.29 is 19.4 Å². The molecule has 1 unspecified atom stereocenters. The van der Waals surface area contributed by atoms with Crippen molar-refractivity contribution in [2.24, 2.45) is 0 Å². The molecular weight excluding hydrogens is 568 g/mol. The molecule has 0 heterocycles. The molecule has 1 atom stereocenters. The van der Waals surface area contributed by atoms with Gasteiger partial charge >= 0.3 is 11.9 Å². The van der Waals surface area contributed by atoms with Gasteiger partial charge in [0.15, 0.2) is 0 Å². The van der Waals surface area contributed by atoms with Crippen molar-refractivity contribution in [2.75, 3.05) is 0 Å². The fourth-order valence-corrected chi connectivity index (χ4v) is 6.16. The van der Waals surface area contributed by atoms with E-state index >= 15 is 0 Å². The van der Waals surface area contributed by atoms with Gasteiger partial charge in [0.25, 0.3) is 0 Å². The number of carbonyl (C=O) groups excluding carboxylic acids is 1. The zero-order valence-corrected chi connectivity index (χ0v) is 30.9. The summed E-state index contributed by atoms with van der Waals surface area (Å²) in [6, 6.07) is 0. The van der Waals surface area contributed by atoms with Gasteiger partial charge in [-0.2, -0.15) is 0 Å². The van der Waals surface area contributed by atoms with Crippen LogP contribution in [0.1, 0.15) is 226 Å². The zero-order chi connectivity index (χ0) is 33.6. The molecule has 0 aromatic rings. The molecule has 0 aromatic carbocycles. The second-order valence-electron chi connectivity index (χ2n) is 13.8. The first-order chi connectivity index (χ1) is 22.6. The fourth-order valence-electron chi connectivity index (χ4n) is 6.16. The molecule has 0 rings (SSSR count). The van der Waals surface area contributed by atoms with Crippen LogP contribution in [0.3, 0.4) is 0 Å². The summed E-state index contributed by atoms with van der Waals surface area (Å²) in [5.74, 6) is -0.702. The molecule has 0 spiro atoms. The summed E-state index contributed by atoms with van der Waals surface area (Å²) in [6.45, 7) is 4.53. The molecule has 0 aliphatic heterocycles. The molecule has 0 aromatic heterocycles. The molecule has 4 heteroatoms. The van der Waals surface area contributed by atoms with Crippen LogP contribution in [0.15, 0.2) is 24.3 Å². The first-order valence-electron chi connectivity index (χ1n) is 20.3. The summed E-state index contributed by atoms with van der Waals surface area (Å²) in [5, 5.41) is 8.82. The van der Waals surface area contributed by atoms with Gasteiger partial charge in [-0.05, 0) is 70.6 Å². The minimum atomic E-state index is -0.700. The molecule has 0 radical (unpaired) electrons. The predicted octanol–water partition coefficient (Wildman–Crippen LogP) is 14.0. The van der Waals surface area contributed by atoms with E-state index in [1.165, 1.54) is 128 Å². The second kappa shape index (κ2) is 37.9. The minimum absolute atomic E-state index is 0.00266. The SMILES string of the molecule is CCCCC/C=C\C/C=C\CCCCCCCCCC(=O)OC(CCCCCCCCCCCCC)CCCCCCCC(=O)O. The lowest BCUT2D eigenvalue weighted by molar-refractivity contribution is -0.150. The lowest BCUT2D eigenvalue weighted by Gasteiger charge is -2.18. The highest BCUT2D eigenvalue weighted by Crippen LogP contribution is 2.19. The largest absolute Gasteiger partial charge is 0.481 e. The molecule has 0 aliphatic carbocycles. The van der Waals surface area contributed by atoms with Gasteiger partial charge in [0.1, 0.15) is 6.10 Å². The monoisotopic (exact) mass is 647 g/mol. The number of hydrogen-bond donors (Lipinski definition) is 1. The van der Waals surface area contributed by atoms with Gasteiger partial charge in [-0.25, -0.2) is 0 Å². The Hall–Kier alpha value is -1.58. The van der Waals surface area contributed by atoms with E-state index in [-0.39, 0.29) is 18.5 Å². The lowest BCUT2D eigenvalue weighted by atomic mass is 10.0. The molecule has 0 bridgehead atoms. The number of unbranched alkanes of at least 4 members (excludes halogenated alkanes) is 24. The van der Waals surface area contributed by atoms with Gasteiger partial charge in [-0.1, -0.05) is 167 Å². The number of hydrogen-bond acceptors (Lipinski definition) is 3. The van der Waals surface area contributed by atoms with Crippen molar-refractivity contribution in [1.29, 1.82) is 0 Å². The van der Waals surface area contributed by atoms with E-state index in [0.29, 0.717) is 6.42 Å². The first kappa shape index (κ1) is 44.4. The van der Waals surface area contributed by atoms with Gasteiger partial charge in [0.2, 0.25) is 0 Å². The molecular formula is C42H78O4. The Bertz CT molecular complexity index is 698. The number of aliphatic carboxylic acids is 1. The molecule has 0 saturated carbocycles. The fraction of sp³-hybridized carbons (Fsp3) is 0.857. The summed E-state index contributed by atoms with van der Waals surface area (Å²) in [7, 11) is 0. The van der Waals surface area contributed by atoms with Crippen molar-refractivity contribution in [3.05, 3.63) is 24.3 Å². The van der Waals surface area contributed by atoms with E-state index in [2.05, 4.69) is 38.2 Å². The number of allylic oxidation sites excluding steroid dienone is 4. The topological polar surface area (TPSA) is 63.6 Å². The van der Waals surface area contributed by atoms with Crippen LogP contribution < -0.4 is 0 Å². The van der Waals surface area contributed by atoms with Crippen LogP contribution in [0.4, 0.5) is 0 Å². The van der Waals surface area contributed by atoms with Crippen LogP contribution in [0.25, 0.3) is 0 Å². The number of ether oxygens (including phenoxy) is 1. The summed E-state index contributed by atoms with van der Waals surface area (Å²) in [4.78, 5) is 23.4. The quantitative estimate of drug-likeness (QED) is 0.0414. The molecule has 46 heavy (non-hydrogen) atoms. The Morgan fingerprint density at radius 1 is 0.478 bits per heavy atom. The highest BCUT2D eigenvalue weighted by atomic mass is 16.5. The maximum atomic E-state index is 12.7. The summed E-state index contributed by atoms with van der Waals surface area (Å²) in [6.07, 6.45) is 47.6. The maximum absolute atomic E-state index is 12.7. The minimum Gasteiger partial charge on any atom is -0.481 e. The van der Waals surface area contributed by atoms with E-state index in [1.807, 2.05) is 0 Å². The summed E-state index contributed by atoms with van der Waals surface area (Å²) >= 11 is 0. The number of carboxylic acid groups (broad SMARTS) is 1. The average molecular weight is 647 g/mol. The Labute approximate surface area is 287 Å². The molecule has 0 fully saturated rings. The number of carbonyl (C=O) groups is 2. The van der Waals surface area contributed by atoms with Crippen LogP contribution in [-0.2, 0) is 14.3 Å². The highest BCUT2D eigenvalue weighted by molar-refractivity contribution is 5.69. The molecule has 1 N–H and O–H groups in total. The van der Waals surface area contributed by atoms with Gasteiger partial charge in [-0.3, -0.25) is 9.59 Å². The Morgan fingerprint density at radius 2 is 0.848 bits per heavy atom. The van der Waals surface area contributed by atoms with E-state index in [0.717, 1.165) is 70.6 Å².